The van der Waals surface area contributed by atoms with Crippen molar-refractivity contribution >= 4 is 11.6 Å². The van der Waals surface area contributed by atoms with Crippen LogP contribution in [0.3, 0.4) is 0 Å². The van der Waals surface area contributed by atoms with Gasteiger partial charge in [0.1, 0.15) is 11.3 Å². The van der Waals surface area contributed by atoms with E-state index in [1.807, 2.05) is 0 Å². The zero-order valence-electron chi connectivity index (χ0n) is 13.8. The van der Waals surface area contributed by atoms with Crippen LogP contribution in [-0.2, 0) is 9.53 Å². The molecule has 0 fully saturated rings. The van der Waals surface area contributed by atoms with E-state index in [0.29, 0.717) is 0 Å². The summed E-state index contributed by atoms with van der Waals surface area (Å²) in [6.45, 7) is 1.73. The molecule has 128 valence electrons. The number of rotatable bonds is 3. The average molecular weight is 334 g/mol. The second kappa shape index (κ2) is 5.43. The van der Waals surface area contributed by atoms with Gasteiger partial charge < -0.3 is 24.1 Å². The molecule has 2 unspecified atom stereocenters. The van der Waals surface area contributed by atoms with Gasteiger partial charge in [-0.15, -0.1) is 0 Å². The Bertz CT molecular complexity index is 765. The van der Waals surface area contributed by atoms with Gasteiger partial charge in [0, 0.05) is 24.5 Å². The van der Waals surface area contributed by atoms with Crippen molar-refractivity contribution in [2.75, 3.05) is 21.3 Å². The number of ether oxygens (including phenoxy) is 4. The molecule has 0 amide bonds. The summed E-state index contributed by atoms with van der Waals surface area (Å²) in [7, 11) is 4.16. The quantitative estimate of drug-likeness (QED) is 0.902. The number of phenolic OH excluding ortho intramolecular Hbond substituents is 1. The lowest BCUT2D eigenvalue weighted by molar-refractivity contribution is -0.118. The van der Waals surface area contributed by atoms with E-state index in [1.54, 1.807) is 6.92 Å². The topological polar surface area (TPSA) is 91.3 Å². The fourth-order valence-corrected chi connectivity index (χ4v) is 3.32. The van der Waals surface area contributed by atoms with Crippen LogP contribution >= 0.6 is 0 Å². The maximum atomic E-state index is 13.2. The number of aromatic hydroxyl groups is 1. The second-order valence-corrected chi connectivity index (χ2v) is 5.78. The van der Waals surface area contributed by atoms with Crippen LogP contribution in [0.25, 0.3) is 0 Å². The highest BCUT2D eigenvalue weighted by Crippen LogP contribution is 2.55. The van der Waals surface area contributed by atoms with Crippen LogP contribution in [0.1, 0.15) is 23.7 Å². The third-order valence-corrected chi connectivity index (χ3v) is 4.53. The van der Waals surface area contributed by atoms with Gasteiger partial charge in [-0.1, -0.05) is 6.92 Å². The lowest BCUT2D eigenvalue weighted by Crippen LogP contribution is -2.51. The molecule has 0 radical (unpaired) electrons. The number of phenols is 1. The van der Waals surface area contributed by atoms with E-state index in [0.717, 1.165) is 0 Å². The van der Waals surface area contributed by atoms with Gasteiger partial charge in [0.05, 0.1) is 21.3 Å². The maximum absolute atomic E-state index is 13.2. The van der Waals surface area contributed by atoms with E-state index in [2.05, 4.69) is 0 Å². The number of hydrogen-bond acceptors (Lipinski definition) is 7. The van der Waals surface area contributed by atoms with Crippen molar-refractivity contribution in [1.29, 1.82) is 0 Å². The third-order valence-electron chi connectivity index (χ3n) is 4.53. The largest absolute Gasteiger partial charge is 0.502 e. The fourth-order valence-electron chi connectivity index (χ4n) is 3.32. The Morgan fingerprint density at radius 2 is 1.83 bits per heavy atom. The van der Waals surface area contributed by atoms with Gasteiger partial charge in [-0.25, -0.2) is 0 Å². The molecule has 7 nitrogen and oxygen atoms in total. The molecule has 1 heterocycles. The molecule has 0 aromatic heterocycles. The predicted molar refractivity (Wildman–Crippen MR) is 82.8 cm³/mol. The van der Waals surface area contributed by atoms with Gasteiger partial charge in [0.25, 0.3) is 0 Å². The number of carbonyl (C=O) groups is 2. The number of ketones is 2. The van der Waals surface area contributed by atoms with Gasteiger partial charge in [0.2, 0.25) is 17.1 Å². The highest BCUT2D eigenvalue weighted by atomic mass is 16.6. The van der Waals surface area contributed by atoms with Crippen LogP contribution in [0.2, 0.25) is 0 Å². The molecular weight excluding hydrogens is 316 g/mol. The Hall–Kier alpha value is -2.70. The van der Waals surface area contributed by atoms with Gasteiger partial charge in [-0.05, 0) is 0 Å². The molecule has 3 rings (SSSR count). The molecule has 24 heavy (non-hydrogen) atoms. The Balaban J connectivity index is 2.26. The summed E-state index contributed by atoms with van der Waals surface area (Å²) in [4.78, 5) is 25.0. The number of fused-ring (bicyclic) bond motifs is 1. The first-order chi connectivity index (χ1) is 11.4. The van der Waals surface area contributed by atoms with Crippen molar-refractivity contribution in [3.05, 3.63) is 23.5 Å². The summed E-state index contributed by atoms with van der Waals surface area (Å²) < 4.78 is 21.6. The van der Waals surface area contributed by atoms with Gasteiger partial charge >= 0.3 is 0 Å². The Kier molecular flexibility index (Phi) is 3.66. The van der Waals surface area contributed by atoms with Crippen molar-refractivity contribution in [3.8, 4) is 23.0 Å². The van der Waals surface area contributed by atoms with Crippen LogP contribution in [0.5, 0.6) is 23.0 Å². The van der Waals surface area contributed by atoms with Crippen LogP contribution in [0, 0.1) is 5.92 Å². The van der Waals surface area contributed by atoms with Gasteiger partial charge in [0.15, 0.2) is 23.0 Å². The first-order valence-electron chi connectivity index (χ1n) is 7.41. The summed E-state index contributed by atoms with van der Waals surface area (Å²) in [6.07, 6.45) is 1.40. The van der Waals surface area contributed by atoms with E-state index >= 15 is 0 Å². The number of methoxy groups -OCH3 is 3. The first kappa shape index (κ1) is 16.2. The van der Waals surface area contributed by atoms with Crippen molar-refractivity contribution in [2.45, 2.75) is 18.9 Å². The van der Waals surface area contributed by atoms with Crippen molar-refractivity contribution in [2.24, 2.45) is 5.92 Å². The monoisotopic (exact) mass is 334 g/mol. The summed E-state index contributed by atoms with van der Waals surface area (Å²) >= 11 is 0. The third kappa shape index (κ3) is 1.90. The minimum absolute atomic E-state index is 0.0275. The van der Waals surface area contributed by atoms with Gasteiger partial charge in [-0.2, -0.15) is 0 Å². The Morgan fingerprint density at radius 3 is 2.42 bits per heavy atom. The molecule has 1 aromatic rings. The highest BCUT2D eigenvalue weighted by Gasteiger charge is 2.60. The number of hydrogen-bond donors (Lipinski definition) is 1. The second-order valence-electron chi connectivity index (χ2n) is 5.78. The first-order valence-corrected chi connectivity index (χ1v) is 7.41. The Labute approximate surface area is 138 Å². The molecule has 1 aromatic carbocycles. The van der Waals surface area contributed by atoms with E-state index < -0.39 is 17.3 Å². The molecule has 1 aliphatic heterocycles. The normalized spacial score (nSPS) is 25.2. The minimum atomic E-state index is -1.50. The van der Waals surface area contributed by atoms with E-state index in [4.69, 9.17) is 18.9 Å². The van der Waals surface area contributed by atoms with Crippen LogP contribution < -0.4 is 14.2 Å². The molecule has 1 N–H and O–H groups in total. The molecule has 1 spiro atoms. The Morgan fingerprint density at radius 1 is 1.17 bits per heavy atom. The van der Waals surface area contributed by atoms with E-state index in [1.165, 1.54) is 33.5 Å². The van der Waals surface area contributed by atoms with Gasteiger partial charge in [-0.3, -0.25) is 9.59 Å². The summed E-state index contributed by atoms with van der Waals surface area (Å²) in [5, 5.41) is 10.4. The van der Waals surface area contributed by atoms with E-state index in [-0.39, 0.29) is 46.5 Å². The number of carbonyl (C=O) groups excluding carboxylic acids is 2. The molecule has 1 aliphatic carbocycles. The zero-order valence-corrected chi connectivity index (χ0v) is 13.8. The van der Waals surface area contributed by atoms with Crippen molar-refractivity contribution in [3.63, 3.8) is 0 Å². The van der Waals surface area contributed by atoms with Crippen molar-refractivity contribution < 1.29 is 33.6 Å². The summed E-state index contributed by atoms with van der Waals surface area (Å²) in [5.41, 5.74) is -1.39. The molecule has 0 saturated carbocycles. The van der Waals surface area contributed by atoms with E-state index in [9.17, 15) is 14.7 Å². The summed E-state index contributed by atoms with van der Waals surface area (Å²) in [6, 6.07) is 1.42. The average Bonchev–Trinajstić information content (AvgIpc) is 2.87. The lowest BCUT2D eigenvalue weighted by atomic mass is 9.75. The predicted octanol–water partition coefficient (Wildman–Crippen LogP) is 1.86. The van der Waals surface area contributed by atoms with Crippen molar-refractivity contribution in [1.82, 2.24) is 0 Å². The maximum Gasteiger partial charge on any atom is 0.231 e. The molecular formula is C17H18O7. The van der Waals surface area contributed by atoms with Crippen LogP contribution in [0.4, 0.5) is 0 Å². The molecule has 7 heteroatoms. The molecule has 2 atom stereocenters. The fraction of sp³-hybridized carbons (Fsp3) is 0.412. The highest BCUT2D eigenvalue weighted by molar-refractivity contribution is 6.14. The van der Waals surface area contributed by atoms with Crippen LogP contribution in [-0.4, -0.2) is 43.6 Å². The number of allylic oxidation sites excluding steroid dienone is 1. The standard InChI is InChI=1S/C17H18O7/c1-8-5-9(18)6-12(23-4)17(8)16(20)13-10(21-2)7-11(22-3)14(19)15(13)24-17/h6-8,19H,5H2,1-4H3. The zero-order chi connectivity index (χ0) is 17.6. The SMILES string of the molecule is COC1=CC(=O)CC(C)C12Oc1c(O)c(OC)cc(OC)c1C2=O. The van der Waals surface area contributed by atoms with Crippen LogP contribution in [0.15, 0.2) is 17.9 Å². The summed E-state index contributed by atoms with van der Waals surface area (Å²) in [5.74, 6) is -0.892. The number of benzene rings is 1. The lowest BCUT2D eigenvalue weighted by Gasteiger charge is -2.36. The molecule has 0 saturated heterocycles. The molecule has 0 bridgehead atoms. The molecule has 2 aliphatic rings. The minimum Gasteiger partial charge on any atom is -0.502 e. The smallest absolute Gasteiger partial charge is 0.231 e. The number of Topliss-reactive ketones (excluding diaryl/α,β-unsaturated/α-hetero) is 1.